The second-order valence-electron chi connectivity index (χ2n) is 7.56. The van der Waals surface area contributed by atoms with Gasteiger partial charge in [0.2, 0.25) is 4.96 Å². The summed E-state index contributed by atoms with van der Waals surface area (Å²) < 4.78 is 29.2. The first-order valence-corrected chi connectivity index (χ1v) is 12.2. The molecule has 1 aliphatic heterocycles. The van der Waals surface area contributed by atoms with Crippen LogP contribution in [-0.4, -0.2) is 53.5 Å². The number of hydrogen-bond acceptors (Lipinski definition) is 7. The van der Waals surface area contributed by atoms with Gasteiger partial charge in [-0.15, -0.1) is 0 Å². The van der Waals surface area contributed by atoms with Crippen LogP contribution in [0.15, 0.2) is 27.9 Å². The molecule has 0 amide bonds. The van der Waals surface area contributed by atoms with Crippen LogP contribution in [0.3, 0.4) is 0 Å². The molecule has 160 valence electrons. The lowest BCUT2D eigenvalue weighted by Gasteiger charge is -2.36. The second kappa shape index (κ2) is 7.75. The van der Waals surface area contributed by atoms with Crippen molar-refractivity contribution in [3.05, 3.63) is 50.4 Å². The highest BCUT2D eigenvalue weighted by Crippen LogP contribution is 2.25. The monoisotopic (exact) mass is 447 g/mol. The van der Waals surface area contributed by atoms with Crippen LogP contribution in [0.4, 0.5) is 5.69 Å². The molecule has 0 spiro atoms. The number of rotatable bonds is 4. The Kier molecular flexibility index (Phi) is 5.41. The van der Waals surface area contributed by atoms with E-state index in [9.17, 15) is 13.2 Å². The molecule has 4 rings (SSSR count). The zero-order chi connectivity index (χ0) is 21.6. The topological polar surface area (TPSA) is 87.9 Å². The summed E-state index contributed by atoms with van der Waals surface area (Å²) in [6.45, 7) is 9.39. The summed E-state index contributed by atoms with van der Waals surface area (Å²) in [7, 11) is -3.96. The van der Waals surface area contributed by atoms with E-state index in [-0.39, 0.29) is 10.6 Å². The third-order valence-corrected chi connectivity index (χ3v) is 8.50. The fourth-order valence-corrected chi connectivity index (χ4v) is 6.37. The molecule has 0 aliphatic carbocycles. The minimum atomic E-state index is -3.96. The first kappa shape index (κ1) is 21.0. The fourth-order valence-electron chi connectivity index (χ4n) is 3.87. The maximum absolute atomic E-state index is 13.3. The van der Waals surface area contributed by atoms with Crippen LogP contribution in [0.2, 0.25) is 0 Å². The number of nitrogens with zero attached hydrogens (tertiary/aromatic N) is 5. The summed E-state index contributed by atoms with van der Waals surface area (Å²) in [6.07, 6.45) is 0.662. The van der Waals surface area contributed by atoms with Crippen LogP contribution in [0.1, 0.15) is 28.8 Å². The summed E-state index contributed by atoms with van der Waals surface area (Å²) >= 11 is 1.31. The van der Waals surface area contributed by atoms with Crippen molar-refractivity contribution in [3.8, 4) is 0 Å². The molecule has 8 nitrogen and oxygen atoms in total. The van der Waals surface area contributed by atoms with Crippen LogP contribution < -0.4 is 10.5 Å². The van der Waals surface area contributed by atoms with Crippen molar-refractivity contribution in [1.29, 1.82) is 0 Å². The SMILES string of the molecule is CCc1nn2c(=O)c(S(=O)(=O)N3CCN(c4ccc(C)cc4C)CC3)c(C)nc2s1. The summed E-state index contributed by atoms with van der Waals surface area (Å²) in [6, 6.07) is 6.27. The Hall–Kier alpha value is -2.30. The number of sulfonamides is 1. The Balaban J connectivity index is 1.63. The van der Waals surface area contributed by atoms with Crippen molar-refractivity contribution >= 4 is 32.0 Å². The minimum Gasteiger partial charge on any atom is -0.369 e. The van der Waals surface area contributed by atoms with E-state index in [0.29, 0.717) is 37.6 Å². The first-order chi connectivity index (χ1) is 14.2. The maximum atomic E-state index is 13.3. The van der Waals surface area contributed by atoms with Gasteiger partial charge in [0.1, 0.15) is 5.01 Å². The van der Waals surface area contributed by atoms with Crippen LogP contribution >= 0.6 is 11.3 Å². The van der Waals surface area contributed by atoms with Crippen molar-refractivity contribution in [2.24, 2.45) is 0 Å². The average molecular weight is 448 g/mol. The molecule has 0 atom stereocenters. The Morgan fingerprint density at radius 3 is 2.43 bits per heavy atom. The van der Waals surface area contributed by atoms with Gasteiger partial charge >= 0.3 is 0 Å². The number of benzene rings is 1. The molecule has 0 bridgehead atoms. The number of fused-ring (bicyclic) bond motifs is 1. The third-order valence-electron chi connectivity index (χ3n) is 5.41. The predicted molar refractivity (Wildman–Crippen MR) is 118 cm³/mol. The largest absolute Gasteiger partial charge is 0.369 e. The van der Waals surface area contributed by atoms with Gasteiger partial charge in [-0.05, 0) is 38.8 Å². The number of aryl methyl sites for hydroxylation is 4. The fraction of sp³-hybridized carbons (Fsp3) is 0.450. The number of anilines is 1. The van der Waals surface area contributed by atoms with E-state index in [0.717, 1.165) is 15.2 Å². The zero-order valence-electron chi connectivity index (χ0n) is 17.5. The van der Waals surface area contributed by atoms with Crippen molar-refractivity contribution < 1.29 is 8.42 Å². The molecule has 10 heteroatoms. The molecule has 1 saturated heterocycles. The average Bonchev–Trinajstić information content (AvgIpc) is 3.11. The number of aromatic nitrogens is 3. The summed E-state index contributed by atoms with van der Waals surface area (Å²) in [4.78, 5) is 19.7. The van der Waals surface area contributed by atoms with Crippen LogP contribution in [0.25, 0.3) is 4.96 Å². The van der Waals surface area contributed by atoms with Gasteiger partial charge in [-0.25, -0.2) is 13.4 Å². The van der Waals surface area contributed by atoms with E-state index < -0.39 is 15.6 Å². The Bertz CT molecular complexity index is 1270. The van der Waals surface area contributed by atoms with Crippen molar-refractivity contribution in [2.45, 2.75) is 39.0 Å². The van der Waals surface area contributed by atoms with E-state index in [1.54, 1.807) is 6.92 Å². The lowest BCUT2D eigenvalue weighted by atomic mass is 10.1. The zero-order valence-corrected chi connectivity index (χ0v) is 19.2. The van der Waals surface area contributed by atoms with Crippen LogP contribution in [0, 0.1) is 20.8 Å². The molecule has 1 fully saturated rings. The summed E-state index contributed by atoms with van der Waals surface area (Å²) in [5.74, 6) is 0. The molecule has 3 aromatic rings. The quantitative estimate of drug-likeness (QED) is 0.609. The second-order valence-corrected chi connectivity index (χ2v) is 10.5. The van der Waals surface area contributed by atoms with Crippen LogP contribution in [-0.2, 0) is 16.4 Å². The molecular weight excluding hydrogens is 422 g/mol. The molecule has 1 aliphatic rings. The molecule has 0 N–H and O–H groups in total. The van der Waals surface area contributed by atoms with E-state index in [2.05, 4.69) is 47.0 Å². The lowest BCUT2D eigenvalue weighted by molar-refractivity contribution is 0.383. The van der Waals surface area contributed by atoms with Gasteiger partial charge < -0.3 is 4.90 Å². The van der Waals surface area contributed by atoms with Crippen molar-refractivity contribution in [3.63, 3.8) is 0 Å². The highest BCUT2D eigenvalue weighted by Gasteiger charge is 2.34. The lowest BCUT2D eigenvalue weighted by Crippen LogP contribution is -2.50. The number of hydrogen-bond donors (Lipinski definition) is 0. The smallest absolute Gasteiger partial charge is 0.295 e. The molecule has 3 heterocycles. The van der Waals surface area contributed by atoms with Crippen LogP contribution in [0.5, 0.6) is 0 Å². The van der Waals surface area contributed by atoms with Gasteiger partial charge in [0, 0.05) is 31.9 Å². The van der Waals surface area contributed by atoms with E-state index >= 15 is 0 Å². The minimum absolute atomic E-state index is 0.225. The van der Waals surface area contributed by atoms with Gasteiger partial charge in [0.25, 0.3) is 15.6 Å². The molecule has 0 radical (unpaired) electrons. The Morgan fingerprint density at radius 1 is 1.10 bits per heavy atom. The highest BCUT2D eigenvalue weighted by atomic mass is 32.2. The van der Waals surface area contributed by atoms with Crippen molar-refractivity contribution in [1.82, 2.24) is 18.9 Å². The van der Waals surface area contributed by atoms with E-state index in [1.807, 2.05) is 6.92 Å². The van der Waals surface area contributed by atoms with Gasteiger partial charge in [-0.1, -0.05) is 36.0 Å². The molecule has 1 aromatic carbocycles. The predicted octanol–water partition coefficient (Wildman–Crippen LogP) is 2.15. The summed E-state index contributed by atoms with van der Waals surface area (Å²) in [5, 5.41) is 4.97. The molecule has 2 aromatic heterocycles. The normalized spacial score (nSPS) is 15.8. The molecule has 0 saturated carbocycles. The van der Waals surface area contributed by atoms with Gasteiger partial charge in [-0.3, -0.25) is 4.79 Å². The third kappa shape index (κ3) is 3.52. The highest BCUT2D eigenvalue weighted by molar-refractivity contribution is 7.89. The number of piperazine rings is 1. The molecular formula is C20H25N5O3S2. The van der Waals surface area contributed by atoms with Gasteiger partial charge in [0.05, 0.1) is 5.69 Å². The van der Waals surface area contributed by atoms with E-state index in [4.69, 9.17) is 0 Å². The summed E-state index contributed by atoms with van der Waals surface area (Å²) in [5.41, 5.74) is 3.09. The molecule has 30 heavy (non-hydrogen) atoms. The van der Waals surface area contributed by atoms with Gasteiger partial charge in [-0.2, -0.15) is 13.9 Å². The van der Waals surface area contributed by atoms with Gasteiger partial charge in [0.15, 0.2) is 4.90 Å². The Morgan fingerprint density at radius 2 is 1.80 bits per heavy atom. The van der Waals surface area contributed by atoms with E-state index in [1.165, 1.54) is 26.8 Å². The standard InChI is InChI=1S/C20H25N5O3S2/c1-5-17-22-25-19(26)18(15(4)21-20(25)29-17)30(27,28)24-10-8-23(9-11-24)16-7-6-13(2)12-14(16)3/h6-7,12H,5,8-11H2,1-4H3. The Labute approximate surface area is 179 Å². The maximum Gasteiger partial charge on any atom is 0.295 e. The molecule has 0 unspecified atom stereocenters. The van der Waals surface area contributed by atoms with Crippen molar-refractivity contribution in [2.75, 3.05) is 31.1 Å². The first-order valence-electron chi connectivity index (χ1n) is 9.94.